The number of rotatable bonds is 2. The Bertz CT molecular complexity index is 383. The van der Waals surface area contributed by atoms with Gasteiger partial charge in [0.25, 0.3) is 0 Å². The predicted molar refractivity (Wildman–Crippen MR) is 75.5 cm³/mol. The van der Waals surface area contributed by atoms with Crippen molar-refractivity contribution < 1.29 is 0 Å². The highest BCUT2D eigenvalue weighted by Crippen LogP contribution is 2.31. The minimum atomic E-state index is 0.660. The molecule has 0 aromatic heterocycles. The Morgan fingerprint density at radius 2 is 1.82 bits per heavy atom. The molecule has 1 fully saturated rings. The van der Waals surface area contributed by atoms with Gasteiger partial charge in [0.15, 0.2) is 0 Å². The zero-order chi connectivity index (χ0) is 12.4. The second-order valence-electron chi connectivity index (χ2n) is 5.95. The first-order chi connectivity index (χ1) is 8.06. The van der Waals surface area contributed by atoms with E-state index in [1.54, 1.807) is 0 Å². The summed E-state index contributed by atoms with van der Waals surface area (Å²) in [4.78, 5) is 0. The Kier molecular flexibility index (Phi) is 3.76. The van der Waals surface area contributed by atoms with Crippen molar-refractivity contribution in [1.82, 2.24) is 0 Å². The molecule has 1 aromatic rings. The fourth-order valence-electron chi connectivity index (χ4n) is 2.93. The van der Waals surface area contributed by atoms with E-state index in [1.165, 1.54) is 36.1 Å². The highest BCUT2D eigenvalue weighted by molar-refractivity contribution is 5.48. The molecule has 1 saturated carbocycles. The number of hydrogen-bond acceptors (Lipinski definition) is 1. The molecule has 0 radical (unpaired) electrons. The van der Waals surface area contributed by atoms with Crippen molar-refractivity contribution in [3.8, 4) is 0 Å². The zero-order valence-electron chi connectivity index (χ0n) is 11.6. The molecule has 1 aliphatic carbocycles. The first-order valence-electron chi connectivity index (χ1n) is 6.90. The van der Waals surface area contributed by atoms with Crippen LogP contribution >= 0.6 is 0 Å². The molecule has 94 valence electrons. The molecule has 0 spiro atoms. The summed E-state index contributed by atoms with van der Waals surface area (Å²) in [6.07, 6.45) is 4.05. The lowest BCUT2D eigenvalue weighted by Gasteiger charge is -2.34. The van der Waals surface area contributed by atoms with E-state index in [9.17, 15) is 0 Å². The maximum absolute atomic E-state index is 3.72. The monoisotopic (exact) mass is 231 g/mol. The van der Waals surface area contributed by atoms with E-state index >= 15 is 0 Å². The van der Waals surface area contributed by atoms with Crippen LogP contribution in [0.4, 0.5) is 5.69 Å². The summed E-state index contributed by atoms with van der Waals surface area (Å²) in [7, 11) is 0. The topological polar surface area (TPSA) is 12.0 Å². The second kappa shape index (κ2) is 5.12. The van der Waals surface area contributed by atoms with Crippen molar-refractivity contribution in [2.24, 2.45) is 11.8 Å². The van der Waals surface area contributed by atoms with Crippen LogP contribution < -0.4 is 5.32 Å². The Balaban J connectivity index is 2.02. The van der Waals surface area contributed by atoms with Crippen molar-refractivity contribution in [1.29, 1.82) is 0 Å². The third-order valence-corrected chi connectivity index (χ3v) is 4.29. The maximum Gasteiger partial charge on any atom is 0.0345 e. The molecule has 1 aromatic carbocycles. The highest BCUT2D eigenvalue weighted by atomic mass is 14.9. The van der Waals surface area contributed by atoms with Crippen LogP contribution in [0, 0.1) is 25.7 Å². The van der Waals surface area contributed by atoms with Crippen LogP contribution in [-0.2, 0) is 0 Å². The molecule has 2 rings (SSSR count). The van der Waals surface area contributed by atoms with Crippen LogP contribution in [0.15, 0.2) is 18.2 Å². The average molecular weight is 231 g/mol. The molecule has 0 heterocycles. The summed E-state index contributed by atoms with van der Waals surface area (Å²) < 4.78 is 0. The average Bonchev–Trinajstić information content (AvgIpc) is 2.27. The molecule has 0 bridgehead atoms. The standard InChI is InChI=1S/C16H25N/c1-11-5-8-16(14(4)9-11)17-15-7-6-12(2)13(3)10-15/h6-7,10-11,14,16-17H,5,8-9H2,1-4H3. The molecule has 3 atom stereocenters. The molecule has 1 heteroatoms. The van der Waals surface area contributed by atoms with Crippen LogP contribution in [0.1, 0.15) is 44.2 Å². The molecule has 1 N–H and O–H groups in total. The third-order valence-electron chi connectivity index (χ3n) is 4.29. The Morgan fingerprint density at radius 1 is 1.06 bits per heavy atom. The summed E-state index contributed by atoms with van der Waals surface area (Å²) in [5, 5.41) is 3.72. The van der Waals surface area contributed by atoms with Crippen molar-refractivity contribution in [2.75, 3.05) is 5.32 Å². The zero-order valence-corrected chi connectivity index (χ0v) is 11.6. The SMILES string of the molecule is Cc1ccc(NC2CCC(C)CC2C)cc1C. The Morgan fingerprint density at radius 3 is 2.47 bits per heavy atom. The Labute approximate surface area is 106 Å². The molecule has 0 aliphatic heterocycles. The van der Waals surface area contributed by atoms with Gasteiger partial charge < -0.3 is 5.32 Å². The molecule has 0 saturated heterocycles. The van der Waals surface area contributed by atoms with Crippen LogP contribution in [0.25, 0.3) is 0 Å². The van der Waals surface area contributed by atoms with Crippen molar-refractivity contribution in [3.05, 3.63) is 29.3 Å². The maximum atomic E-state index is 3.72. The largest absolute Gasteiger partial charge is 0.382 e. The number of benzene rings is 1. The van der Waals surface area contributed by atoms with Gasteiger partial charge in [-0.1, -0.05) is 19.9 Å². The van der Waals surface area contributed by atoms with Crippen molar-refractivity contribution >= 4 is 5.69 Å². The molecular formula is C16H25N. The van der Waals surface area contributed by atoms with Gasteiger partial charge in [-0.2, -0.15) is 0 Å². The van der Waals surface area contributed by atoms with Gasteiger partial charge in [0, 0.05) is 11.7 Å². The molecular weight excluding hydrogens is 206 g/mol. The fourth-order valence-corrected chi connectivity index (χ4v) is 2.93. The van der Waals surface area contributed by atoms with E-state index in [0.29, 0.717) is 6.04 Å². The summed E-state index contributed by atoms with van der Waals surface area (Å²) in [6, 6.07) is 7.37. The Hall–Kier alpha value is -0.980. The first kappa shape index (κ1) is 12.5. The fraction of sp³-hybridized carbons (Fsp3) is 0.625. The lowest BCUT2D eigenvalue weighted by atomic mass is 9.80. The predicted octanol–water partition coefficient (Wildman–Crippen LogP) is 4.54. The van der Waals surface area contributed by atoms with E-state index in [-0.39, 0.29) is 0 Å². The summed E-state index contributed by atoms with van der Waals surface area (Å²) in [5.74, 6) is 1.70. The molecule has 3 unspecified atom stereocenters. The number of aryl methyl sites for hydroxylation is 2. The molecule has 1 nitrogen and oxygen atoms in total. The number of anilines is 1. The second-order valence-corrected chi connectivity index (χ2v) is 5.95. The van der Waals surface area contributed by atoms with Crippen molar-refractivity contribution in [2.45, 2.75) is 53.0 Å². The van der Waals surface area contributed by atoms with Gasteiger partial charge in [0.05, 0.1) is 0 Å². The van der Waals surface area contributed by atoms with Crippen LogP contribution in [0.5, 0.6) is 0 Å². The number of hydrogen-bond donors (Lipinski definition) is 1. The van der Waals surface area contributed by atoms with Gasteiger partial charge in [-0.05, 0) is 68.2 Å². The van der Waals surface area contributed by atoms with Crippen LogP contribution in [0.2, 0.25) is 0 Å². The molecule has 0 amide bonds. The van der Waals surface area contributed by atoms with Gasteiger partial charge >= 0.3 is 0 Å². The lowest BCUT2D eigenvalue weighted by molar-refractivity contribution is 0.276. The van der Waals surface area contributed by atoms with Gasteiger partial charge in [-0.25, -0.2) is 0 Å². The summed E-state index contributed by atoms with van der Waals surface area (Å²) in [6.45, 7) is 9.12. The van der Waals surface area contributed by atoms with E-state index in [1.807, 2.05) is 0 Å². The summed E-state index contributed by atoms with van der Waals surface area (Å²) >= 11 is 0. The quantitative estimate of drug-likeness (QED) is 0.788. The van der Waals surface area contributed by atoms with Gasteiger partial charge in [-0.15, -0.1) is 0 Å². The van der Waals surface area contributed by atoms with Gasteiger partial charge in [0.2, 0.25) is 0 Å². The van der Waals surface area contributed by atoms with E-state index in [0.717, 1.165) is 11.8 Å². The normalized spacial score (nSPS) is 29.1. The number of nitrogens with one attached hydrogen (secondary N) is 1. The minimum absolute atomic E-state index is 0.660. The van der Waals surface area contributed by atoms with E-state index < -0.39 is 0 Å². The molecule has 17 heavy (non-hydrogen) atoms. The van der Waals surface area contributed by atoms with E-state index in [2.05, 4.69) is 51.2 Å². The minimum Gasteiger partial charge on any atom is -0.382 e. The van der Waals surface area contributed by atoms with E-state index in [4.69, 9.17) is 0 Å². The van der Waals surface area contributed by atoms with Gasteiger partial charge in [0.1, 0.15) is 0 Å². The molecule has 1 aliphatic rings. The highest BCUT2D eigenvalue weighted by Gasteiger charge is 2.24. The first-order valence-corrected chi connectivity index (χ1v) is 6.90. The van der Waals surface area contributed by atoms with Crippen LogP contribution in [-0.4, -0.2) is 6.04 Å². The van der Waals surface area contributed by atoms with Crippen molar-refractivity contribution in [3.63, 3.8) is 0 Å². The summed E-state index contributed by atoms with van der Waals surface area (Å²) in [5.41, 5.74) is 4.05. The third kappa shape index (κ3) is 3.02. The van der Waals surface area contributed by atoms with Crippen LogP contribution in [0.3, 0.4) is 0 Å². The lowest BCUT2D eigenvalue weighted by Crippen LogP contribution is -2.32. The smallest absolute Gasteiger partial charge is 0.0345 e. The van der Waals surface area contributed by atoms with Gasteiger partial charge in [-0.3, -0.25) is 0 Å².